The van der Waals surface area contributed by atoms with Gasteiger partial charge in [0.15, 0.2) is 11.0 Å². The first kappa shape index (κ1) is 11.2. The van der Waals surface area contributed by atoms with Crippen LogP contribution in [-0.2, 0) is 0 Å². The zero-order valence-electron chi connectivity index (χ0n) is 8.64. The van der Waals surface area contributed by atoms with E-state index in [1.165, 1.54) is 4.90 Å². The standard InChI is InChI=1S/C11H10ClN3S/c1-16-9-4-2-8(3-5-9)15-11-10(12)13-6-7-14-11/h2-7H,1H3,(H,14,15). The Bertz CT molecular complexity index is 473. The van der Waals surface area contributed by atoms with Gasteiger partial charge in [-0.3, -0.25) is 0 Å². The monoisotopic (exact) mass is 251 g/mol. The van der Waals surface area contributed by atoms with Crippen LogP contribution in [0.3, 0.4) is 0 Å². The molecule has 5 heteroatoms. The molecule has 0 unspecified atom stereocenters. The van der Waals surface area contributed by atoms with Crippen LogP contribution in [0.2, 0.25) is 5.15 Å². The third-order valence-electron chi connectivity index (χ3n) is 2.01. The third-order valence-corrected chi connectivity index (χ3v) is 3.03. The normalized spacial score (nSPS) is 10.1. The molecule has 0 saturated carbocycles. The van der Waals surface area contributed by atoms with Crippen molar-refractivity contribution in [3.8, 4) is 0 Å². The fraction of sp³-hybridized carbons (Fsp3) is 0.0909. The number of thioether (sulfide) groups is 1. The summed E-state index contributed by atoms with van der Waals surface area (Å²) in [5.41, 5.74) is 0.945. The molecule has 1 aromatic carbocycles. The summed E-state index contributed by atoms with van der Waals surface area (Å²) in [4.78, 5) is 9.27. The molecular weight excluding hydrogens is 242 g/mol. The highest BCUT2D eigenvalue weighted by atomic mass is 35.5. The van der Waals surface area contributed by atoms with Gasteiger partial charge in [0.1, 0.15) is 0 Å². The summed E-state index contributed by atoms with van der Waals surface area (Å²) in [7, 11) is 0. The summed E-state index contributed by atoms with van der Waals surface area (Å²) in [6.45, 7) is 0. The van der Waals surface area contributed by atoms with Gasteiger partial charge in [-0.2, -0.15) is 0 Å². The summed E-state index contributed by atoms with van der Waals surface area (Å²) in [6, 6.07) is 8.04. The average molecular weight is 252 g/mol. The van der Waals surface area contributed by atoms with Crippen LogP contribution < -0.4 is 5.32 Å². The van der Waals surface area contributed by atoms with Gasteiger partial charge in [-0.25, -0.2) is 9.97 Å². The highest BCUT2D eigenvalue weighted by Crippen LogP contribution is 2.22. The van der Waals surface area contributed by atoms with E-state index in [-0.39, 0.29) is 0 Å². The molecule has 0 radical (unpaired) electrons. The minimum atomic E-state index is 0.372. The van der Waals surface area contributed by atoms with E-state index in [4.69, 9.17) is 11.6 Å². The molecule has 1 heterocycles. The molecule has 0 aliphatic carbocycles. The highest BCUT2D eigenvalue weighted by molar-refractivity contribution is 7.98. The van der Waals surface area contributed by atoms with Crippen LogP contribution in [0.15, 0.2) is 41.6 Å². The lowest BCUT2D eigenvalue weighted by Crippen LogP contribution is -1.95. The van der Waals surface area contributed by atoms with Crippen molar-refractivity contribution in [2.24, 2.45) is 0 Å². The first-order valence-corrected chi connectivity index (χ1v) is 6.27. The highest BCUT2D eigenvalue weighted by Gasteiger charge is 2.01. The second-order valence-corrected chi connectivity index (χ2v) is 4.29. The first-order chi connectivity index (χ1) is 7.79. The largest absolute Gasteiger partial charge is 0.338 e. The van der Waals surface area contributed by atoms with Crippen molar-refractivity contribution in [1.29, 1.82) is 0 Å². The quantitative estimate of drug-likeness (QED) is 0.846. The van der Waals surface area contributed by atoms with Gasteiger partial charge in [-0.05, 0) is 30.5 Å². The first-order valence-electron chi connectivity index (χ1n) is 4.67. The molecule has 0 saturated heterocycles. The summed E-state index contributed by atoms with van der Waals surface area (Å²) in [5.74, 6) is 0.570. The van der Waals surface area contributed by atoms with Crippen molar-refractivity contribution >= 4 is 34.9 Å². The Balaban J connectivity index is 2.18. The van der Waals surface area contributed by atoms with Crippen molar-refractivity contribution < 1.29 is 0 Å². The molecule has 3 nitrogen and oxygen atoms in total. The van der Waals surface area contributed by atoms with Gasteiger partial charge in [-0.1, -0.05) is 11.6 Å². The Labute approximate surface area is 103 Å². The van der Waals surface area contributed by atoms with Crippen LogP contribution in [0.1, 0.15) is 0 Å². The van der Waals surface area contributed by atoms with E-state index in [2.05, 4.69) is 15.3 Å². The van der Waals surface area contributed by atoms with Crippen molar-refractivity contribution in [3.63, 3.8) is 0 Å². The SMILES string of the molecule is CSc1ccc(Nc2nccnc2Cl)cc1. The minimum Gasteiger partial charge on any atom is -0.338 e. The smallest absolute Gasteiger partial charge is 0.171 e. The van der Waals surface area contributed by atoms with Crippen LogP contribution >= 0.6 is 23.4 Å². The summed E-state index contributed by atoms with van der Waals surface area (Å²) in [5, 5.41) is 3.48. The van der Waals surface area contributed by atoms with Crippen LogP contribution in [0.4, 0.5) is 11.5 Å². The minimum absolute atomic E-state index is 0.372. The molecular formula is C11H10ClN3S. The van der Waals surface area contributed by atoms with Crippen LogP contribution in [0.5, 0.6) is 0 Å². The van der Waals surface area contributed by atoms with Gasteiger partial charge < -0.3 is 5.32 Å². The maximum atomic E-state index is 5.89. The number of hydrogen-bond donors (Lipinski definition) is 1. The Morgan fingerprint density at radius 3 is 2.44 bits per heavy atom. The topological polar surface area (TPSA) is 37.8 Å². The second kappa shape index (κ2) is 5.18. The molecule has 0 spiro atoms. The number of benzene rings is 1. The van der Waals surface area contributed by atoms with Crippen LogP contribution in [0, 0.1) is 0 Å². The van der Waals surface area contributed by atoms with E-state index in [9.17, 15) is 0 Å². The number of nitrogens with zero attached hydrogens (tertiary/aromatic N) is 2. The molecule has 0 atom stereocenters. The number of aromatic nitrogens is 2. The summed E-state index contributed by atoms with van der Waals surface area (Å²) in [6.07, 6.45) is 5.21. The lowest BCUT2D eigenvalue weighted by atomic mass is 10.3. The predicted octanol–water partition coefficient (Wildman–Crippen LogP) is 3.60. The van der Waals surface area contributed by atoms with Crippen molar-refractivity contribution in [3.05, 3.63) is 41.8 Å². The van der Waals surface area contributed by atoms with Crippen molar-refractivity contribution in [2.75, 3.05) is 11.6 Å². The summed E-state index contributed by atoms with van der Waals surface area (Å²) < 4.78 is 0. The molecule has 0 fully saturated rings. The van der Waals surface area contributed by atoms with Gasteiger partial charge >= 0.3 is 0 Å². The number of rotatable bonds is 3. The van der Waals surface area contributed by atoms with E-state index in [1.54, 1.807) is 24.2 Å². The van der Waals surface area contributed by atoms with E-state index < -0.39 is 0 Å². The van der Waals surface area contributed by atoms with Gasteiger partial charge in [0.2, 0.25) is 0 Å². The van der Waals surface area contributed by atoms with E-state index >= 15 is 0 Å². The lowest BCUT2D eigenvalue weighted by molar-refractivity contribution is 1.20. The van der Waals surface area contributed by atoms with Gasteiger partial charge in [-0.15, -0.1) is 11.8 Å². The van der Waals surface area contributed by atoms with E-state index in [0.29, 0.717) is 11.0 Å². The number of hydrogen-bond acceptors (Lipinski definition) is 4. The maximum Gasteiger partial charge on any atom is 0.171 e. The molecule has 16 heavy (non-hydrogen) atoms. The molecule has 2 aromatic rings. The zero-order valence-corrected chi connectivity index (χ0v) is 10.2. The van der Waals surface area contributed by atoms with Crippen molar-refractivity contribution in [2.45, 2.75) is 4.90 Å². The zero-order chi connectivity index (χ0) is 11.4. The molecule has 82 valence electrons. The molecule has 0 aliphatic rings. The number of nitrogens with one attached hydrogen (secondary N) is 1. The number of halogens is 1. The second-order valence-electron chi connectivity index (χ2n) is 3.05. The molecule has 0 amide bonds. The van der Waals surface area contributed by atoms with Crippen molar-refractivity contribution in [1.82, 2.24) is 9.97 Å². The number of anilines is 2. The Morgan fingerprint density at radius 2 is 1.81 bits per heavy atom. The van der Waals surface area contributed by atoms with E-state index in [1.807, 2.05) is 30.5 Å². The van der Waals surface area contributed by atoms with Crippen LogP contribution in [-0.4, -0.2) is 16.2 Å². The Morgan fingerprint density at radius 1 is 1.12 bits per heavy atom. The third kappa shape index (κ3) is 2.65. The lowest BCUT2D eigenvalue weighted by Gasteiger charge is -2.06. The molecule has 1 aromatic heterocycles. The maximum absolute atomic E-state index is 5.89. The average Bonchev–Trinajstić information content (AvgIpc) is 2.33. The Hall–Kier alpha value is -1.26. The fourth-order valence-electron chi connectivity index (χ4n) is 1.22. The molecule has 0 aliphatic heterocycles. The van der Waals surface area contributed by atoms with Crippen LogP contribution in [0.25, 0.3) is 0 Å². The summed E-state index contributed by atoms with van der Waals surface area (Å²) >= 11 is 7.60. The van der Waals surface area contributed by atoms with Gasteiger partial charge in [0, 0.05) is 23.0 Å². The molecule has 2 rings (SSSR count). The molecule has 1 N–H and O–H groups in total. The van der Waals surface area contributed by atoms with Gasteiger partial charge in [0.25, 0.3) is 0 Å². The predicted molar refractivity (Wildman–Crippen MR) is 68.5 cm³/mol. The Kier molecular flexibility index (Phi) is 3.64. The van der Waals surface area contributed by atoms with Gasteiger partial charge in [0.05, 0.1) is 0 Å². The van der Waals surface area contributed by atoms with E-state index in [0.717, 1.165) is 5.69 Å². The fourth-order valence-corrected chi connectivity index (χ4v) is 1.78. The molecule has 0 bridgehead atoms.